The second-order valence-electron chi connectivity index (χ2n) is 7.33. The summed E-state index contributed by atoms with van der Waals surface area (Å²) in [6, 6.07) is 18.2. The van der Waals surface area contributed by atoms with E-state index in [-0.39, 0.29) is 17.7 Å². The Morgan fingerprint density at radius 2 is 1.79 bits per heavy atom. The zero-order valence-electron chi connectivity index (χ0n) is 17.9. The first-order chi connectivity index (χ1) is 15.9. The SMILES string of the molecule is COc1cc(/C=C2\SC(=N)N(c3ccc(C)cc3)C2=O)ccc1OCc1ccc(Cl)cc1Cl. The van der Waals surface area contributed by atoms with Gasteiger partial charge in [-0.05, 0) is 66.7 Å². The smallest absolute Gasteiger partial charge is 0.271 e. The lowest BCUT2D eigenvalue weighted by Gasteiger charge is -2.14. The minimum Gasteiger partial charge on any atom is -0.493 e. The van der Waals surface area contributed by atoms with Crippen molar-refractivity contribution in [2.75, 3.05) is 12.0 Å². The molecule has 168 valence electrons. The van der Waals surface area contributed by atoms with E-state index < -0.39 is 0 Å². The summed E-state index contributed by atoms with van der Waals surface area (Å²) in [6.07, 6.45) is 1.75. The van der Waals surface area contributed by atoms with E-state index in [1.54, 1.807) is 37.5 Å². The topological polar surface area (TPSA) is 62.6 Å². The number of thioether (sulfide) groups is 1. The van der Waals surface area contributed by atoms with Gasteiger partial charge in [0.1, 0.15) is 6.61 Å². The van der Waals surface area contributed by atoms with Crippen molar-refractivity contribution in [3.05, 3.63) is 92.3 Å². The normalized spacial score (nSPS) is 14.8. The number of anilines is 1. The average Bonchev–Trinajstić information content (AvgIpc) is 3.07. The van der Waals surface area contributed by atoms with Crippen molar-refractivity contribution in [2.45, 2.75) is 13.5 Å². The van der Waals surface area contributed by atoms with Crippen molar-refractivity contribution in [3.8, 4) is 11.5 Å². The number of amides is 1. The minimum atomic E-state index is -0.231. The number of nitrogens with zero attached hydrogens (tertiary/aromatic N) is 1. The molecule has 0 aliphatic carbocycles. The van der Waals surface area contributed by atoms with Crippen LogP contribution in [-0.2, 0) is 11.4 Å². The third-order valence-corrected chi connectivity index (χ3v) is 6.47. The highest BCUT2D eigenvalue weighted by molar-refractivity contribution is 8.19. The number of hydrogen-bond acceptors (Lipinski definition) is 5. The van der Waals surface area contributed by atoms with E-state index in [4.69, 9.17) is 38.1 Å². The van der Waals surface area contributed by atoms with Crippen LogP contribution in [0.2, 0.25) is 10.0 Å². The van der Waals surface area contributed by atoms with Gasteiger partial charge in [0, 0.05) is 15.6 Å². The number of carbonyl (C=O) groups excluding carboxylic acids is 1. The number of methoxy groups -OCH3 is 1. The molecule has 0 unspecified atom stereocenters. The molecule has 0 atom stereocenters. The molecule has 3 aromatic carbocycles. The molecule has 4 rings (SSSR count). The Kier molecular flexibility index (Phi) is 6.98. The van der Waals surface area contributed by atoms with Crippen LogP contribution < -0.4 is 14.4 Å². The summed E-state index contributed by atoms with van der Waals surface area (Å²) in [7, 11) is 1.55. The van der Waals surface area contributed by atoms with Crippen LogP contribution in [0.4, 0.5) is 5.69 Å². The first-order valence-electron chi connectivity index (χ1n) is 9.99. The molecule has 1 aliphatic rings. The largest absolute Gasteiger partial charge is 0.493 e. The van der Waals surface area contributed by atoms with Gasteiger partial charge in [0.2, 0.25) is 0 Å². The molecule has 0 aromatic heterocycles. The number of rotatable bonds is 6. The van der Waals surface area contributed by atoms with E-state index in [1.807, 2.05) is 43.3 Å². The second-order valence-corrected chi connectivity index (χ2v) is 9.20. The molecule has 8 heteroatoms. The van der Waals surface area contributed by atoms with Crippen LogP contribution in [0.1, 0.15) is 16.7 Å². The Balaban J connectivity index is 1.53. The monoisotopic (exact) mass is 498 g/mol. The Morgan fingerprint density at radius 3 is 2.48 bits per heavy atom. The highest BCUT2D eigenvalue weighted by Gasteiger charge is 2.33. The summed E-state index contributed by atoms with van der Waals surface area (Å²) in [5.41, 5.74) is 3.33. The molecule has 1 aliphatic heterocycles. The number of aryl methyl sites for hydroxylation is 1. The standard InChI is InChI=1S/C25H20Cl2N2O3S/c1-15-3-8-19(9-4-15)29-24(30)23(33-25(29)28)12-16-5-10-21(22(11-16)31-2)32-14-17-6-7-18(26)13-20(17)27/h3-13,28H,14H2,1-2H3/b23-12-,28-25?. The maximum absolute atomic E-state index is 13.0. The van der Waals surface area contributed by atoms with Crippen molar-refractivity contribution >= 4 is 57.8 Å². The Labute approximate surface area is 206 Å². The van der Waals surface area contributed by atoms with Crippen LogP contribution in [0.25, 0.3) is 6.08 Å². The highest BCUT2D eigenvalue weighted by atomic mass is 35.5. The van der Waals surface area contributed by atoms with Crippen LogP contribution >= 0.6 is 35.0 Å². The van der Waals surface area contributed by atoms with Gasteiger partial charge in [-0.3, -0.25) is 15.1 Å². The molecule has 0 saturated carbocycles. The molecule has 0 radical (unpaired) electrons. The fourth-order valence-corrected chi connectivity index (χ4v) is 4.58. The van der Waals surface area contributed by atoms with Gasteiger partial charge >= 0.3 is 0 Å². The molecular formula is C25H20Cl2N2O3S. The van der Waals surface area contributed by atoms with Gasteiger partial charge in [0.25, 0.3) is 5.91 Å². The van der Waals surface area contributed by atoms with Crippen molar-refractivity contribution in [1.29, 1.82) is 5.41 Å². The van der Waals surface area contributed by atoms with E-state index in [2.05, 4.69) is 0 Å². The maximum atomic E-state index is 13.0. The van der Waals surface area contributed by atoms with E-state index in [1.165, 1.54) is 4.90 Å². The Morgan fingerprint density at radius 1 is 1.03 bits per heavy atom. The molecule has 5 nitrogen and oxygen atoms in total. The predicted octanol–water partition coefficient (Wildman–Crippen LogP) is 6.95. The van der Waals surface area contributed by atoms with Crippen molar-refractivity contribution in [2.24, 2.45) is 0 Å². The Hall–Kier alpha value is -2.93. The van der Waals surface area contributed by atoms with Crippen LogP contribution in [0.15, 0.2) is 65.6 Å². The van der Waals surface area contributed by atoms with Crippen molar-refractivity contribution < 1.29 is 14.3 Å². The molecular weight excluding hydrogens is 479 g/mol. The van der Waals surface area contributed by atoms with Gasteiger partial charge in [0.05, 0.1) is 17.7 Å². The summed E-state index contributed by atoms with van der Waals surface area (Å²) in [4.78, 5) is 14.8. The summed E-state index contributed by atoms with van der Waals surface area (Å²) >= 11 is 13.3. The summed E-state index contributed by atoms with van der Waals surface area (Å²) < 4.78 is 11.4. The Bertz CT molecular complexity index is 1260. The van der Waals surface area contributed by atoms with E-state index in [0.29, 0.717) is 32.1 Å². The van der Waals surface area contributed by atoms with Crippen LogP contribution in [-0.4, -0.2) is 18.2 Å². The molecule has 0 bridgehead atoms. The van der Waals surface area contributed by atoms with Gasteiger partial charge < -0.3 is 9.47 Å². The molecule has 0 spiro atoms. The van der Waals surface area contributed by atoms with Crippen LogP contribution in [0.5, 0.6) is 11.5 Å². The zero-order valence-corrected chi connectivity index (χ0v) is 20.2. The van der Waals surface area contributed by atoms with Gasteiger partial charge in [-0.15, -0.1) is 0 Å². The predicted molar refractivity (Wildman–Crippen MR) is 136 cm³/mol. The lowest BCUT2D eigenvalue weighted by molar-refractivity contribution is -0.113. The third-order valence-electron chi connectivity index (χ3n) is 5.00. The number of halogens is 2. The van der Waals surface area contributed by atoms with Crippen molar-refractivity contribution in [3.63, 3.8) is 0 Å². The number of ether oxygens (including phenoxy) is 2. The zero-order chi connectivity index (χ0) is 23.5. The first kappa shape index (κ1) is 23.2. The number of amidine groups is 1. The van der Waals surface area contributed by atoms with Crippen LogP contribution in [0.3, 0.4) is 0 Å². The molecule has 1 saturated heterocycles. The highest BCUT2D eigenvalue weighted by Crippen LogP contribution is 2.37. The lowest BCUT2D eigenvalue weighted by atomic mass is 10.1. The molecule has 1 N–H and O–H groups in total. The van der Waals surface area contributed by atoms with Gasteiger partial charge in [-0.25, -0.2) is 0 Å². The van der Waals surface area contributed by atoms with Gasteiger partial charge in [-0.1, -0.05) is 53.0 Å². The fourth-order valence-electron chi connectivity index (χ4n) is 3.25. The maximum Gasteiger partial charge on any atom is 0.271 e. The average molecular weight is 499 g/mol. The molecule has 33 heavy (non-hydrogen) atoms. The van der Waals surface area contributed by atoms with E-state index in [0.717, 1.165) is 28.5 Å². The number of hydrogen-bond donors (Lipinski definition) is 1. The summed E-state index contributed by atoms with van der Waals surface area (Å²) in [6.45, 7) is 2.23. The summed E-state index contributed by atoms with van der Waals surface area (Å²) in [5, 5.41) is 9.53. The quantitative estimate of drug-likeness (QED) is 0.373. The van der Waals surface area contributed by atoms with Gasteiger partial charge in [-0.2, -0.15) is 0 Å². The third kappa shape index (κ3) is 5.19. The molecule has 1 amide bonds. The molecule has 1 heterocycles. The first-order valence-corrected chi connectivity index (χ1v) is 11.6. The second kappa shape index (κ2) is 9.91. The van der Waals surface area contributed by atoms with E-state index in [9.17, 15) is 4.79 Å². The summed E-state index contributed by atoms with van der Waals surface area (Å²) in [5.74, 6) is 0.839. The molecule has 3 aromatic rings. The van der Waals surface area contributed by atoms with Crippen molar-refractivity contribution in [1.82, 2.24) is 0 Å². The van der Waals surface area contributed by atoms with Crippen LogP contribution in [0, 0.1) is 12.3 Å². The lowest BCUT2D eigenvalue weighted by Crippen LogP contribution is -2.28. The number of nitrogens with one attached hydrogen (secondary N) is 1. The minimum absolute atomic E-state index is 0.168. The molecule has 1 fully saturated rings. The number of benzene rings is 3. The van der Waals surface area contributed by atoms with Gasteiger partial charge in [0.15, 0.2) is 16.7 Å². The van der Waals surface area contributed by atoms with E-state index >= 15 is 0 Å². The fraction of sp³-hybridized carbons (Fsp3) is 0.120. The number of carbonyl (C=O) groups is 1.